The number of rotatable bonds is 0. The summed E-state index contributed by atoms with van der Waals surface area (Å²) in [5.74, 6) is 14.8. The van der Waals surface area contributed by atoms with E-state index in [0.29, 0.717) is 54.8 Å². The van der Waals surface area contributed by atoms with Gasteiger partial charge in [-0.3, -0.25) is 0 Å². The average Bonchev–Trinajstić information content (AvgIpc) is 1.19. The zero-order valence-electron chi connectivity index (χ0n) is 78.6. The van der Waals surface area contributed by atoms with Gasteiger partial charge in [-0.1, -0.05) is 115 Å². The van der Waals surface area contributed by atoms with Gasteiger partial charge in [0.15, 0.2) is 0 Å². The number of hydrogen-bond acceptors (Lipinski definition) is 14. The molecule has 13 nitrogen and oxygen atoms in total. The van der Waals surface area contributed by atoms with E-state index in [9.17, 15) is 0 Å². The van der Waals surface area contributed by atoms with E-state index in [2.05, 4.69) is 71.3 Å². The molecule has 18 unspecified atom stereocenters. The SMILES string of the molecule is C1=CC2CNCC1N2.C1CC2CC(C1)C2.C1CC2CC1CN2.C1CC2CC1CO2.C1CC2CCC(C1)N2.C1CC2CCC(C1)N2.C1CC2CCC(C1)O2.C1CC2CCC(C1)O2.C1CC2CCC1C2.C1CC2CCC1CC2.C1CC2CCC1CN2.C1CC2CCC1CS2.C1CC2CCC1N2.C1CC2CCC1O2.C1CC2CCN(C1)C2.C1CC2CNC(C1)C2. The van der Waals surface area contributed by atoms with Crippen LogP contribution >= 0.6 is 11.8 Å². The molecule has 13 saturated carbocycles. The van der Waals surface area contributed by atoms with Crippen LogP contribution in [0.2, 0.25) is 0 Å². The Balaban J connectivity index is 0.0000000925. The highest BCUT2D eigenvalue weighted by molar-refractivity contribution is 8.00. The summed E-state index contributed by atoms with van der Waals surface area (Å²) < 4.78 is 22.0. The largest absolute Gasteiger partial charge is 0.378 e. The van der Waals surface area contributed by atoms with Crippen molar-refractivity contribution >= 4 is 11.8 Å². The average molecular weight is 1710 g/mol. The quantitative estimate of drug-likeness (QED) is 0.109. The first kappa shape index (κ1) is 93.4. The molecule has 36 aliphatic rings. The zero-order chi connectivity index (χ0) is 82.1. The molecule has 18 atom stereocenters. The predicted octanol–water partition coefficient (Wildman–Crippen LogP) is 22.3. The number of piperazine rings is 1. The van der Waals surface area contributed by atoms with Crippen LogP contribution < -0.4 is 42.5 Å². The fourth-order valence-corrected chi connectivity index (χ4v) is 31.1. The minimum Gasteiger partial charge on any atom is -0.378 e. The first-order valence-corrected chi connectivity index (χ1v) is 56.8. The number of nitrogens with one attached hydrogen (secondary N) is 8. The summed E-state index contributed by atoms with van der Waals surface area (Å²) in [6.45, 7) is 11.4. The molecular formula is C108H191N9O4S. The highest BCUT2D eigenvalue weighted by Crippen LogP contribution is 2.47. The number of fused-ring (bicyclic) bond motifs is 35. The highest BCUT2D eigenvalue weighted by Gasteiger charge is 2.39. The van der Waals surface area contributed by atoms with Gasteiger partial charge in [0, 0.05) is 98.0 Å². The van der Waals surface area contributed by atoms with Crippen LogP contribution in [0.4, 0.5) is 0 Å². The molecule has 0 spiro atoms. The first-order chi connectivity index (χ1) is 60.2. The minimum atomic E-state index is 0.619. The van der Waals surface area contributed by atoms with Crippen LogP contribution in [0.1, 0.15) is 417 Å². The molecule has 0 aromatic carbocycles. The Bertz CT molecular complexity index is 2210. The van der Waals surface area contributed by atoms with E-state index in [1.807, 2.05) is 0 Å². The summed E-state index contributed by atoms with van der Waals surface area (Å²) in [5.41, 5.74) is 0. The lowest BCUT2D eigenvalue weighted by molar-refractivity contribution is 0.00555. The Morgan fingerprint density at radius 2 is 0.590 bits per heavy atom. The van der Waals surface area contributed by atoms with Crippen molar-refractivity contribution in [2.24, 2.45) is 71.0 Å². The molecule has 8 N–H and O–H groups in total. The van der Waals surface area contributed by atoms with Crippen molar-refractivity contribution in [1.82, 2.24) is 47.4 Å². The number of hydrogen-bond donors (Lipinski definition) is 8. The van der Waals surface area contributed by atoms with Crippen LogP contribution in [-0.4, -0.2) is 184 Å². The molecule has 14 heteroatoms. The lowest BCUT2D eigenvalue weighted by Gasteiger charge is -2.40. The smallest absolute Gasteiger partial charge is 0.0580 e. The summed E-state index contributed by atoms with van der Waals surface area (Å²) >= 11 is 2.21. The second kappa shape index (κ2) is 50.1. The number of ether oxygens (including phenoxy) is 4. The third kappa shape index (κ3) is 30.8. The Hall–Kier alpha value is -0.430. The van der Waals surface area contributed by atoms with Crippen molar-refractivity contribution in [2.75, 3.05) is 64.7 Å². The van der Waals surface area contributed by atoms with E-state index in [-0.39, 0.29) is 0 Å². The molecule has 0 aromatic heterocycles. The molecule has 22 saturated heterocycles. The maximum atomic E-state index is 5.60. The standard InChI is InChI=1S/C8H14.5C7H13N.2C7H12O.C7H12S.2C7H12.C6H10N2.2C6H11N.2C6H10O/c1-2-8-5-3-7(1)4-6-8;1-3-7-4-2-6(1)5-8-7;1-2-7-3-5-8(4-1)6-7;1-2-6-4-7(3-1)8-5-6;4*1-2-6-4-5-7(3-1)8-6;1-3-7-4-2-6(1)5-8-7;1-2-7-4-3-6(1)5-7;1-2-6-4-7(3-1)5-6;1-2-6-4-7-3-5(1)8-6;1-2-6-3-5(1)4-7-6;1-2-6-4-3-5(1)7-6;1-2-6-3-5(1)4-7-6;1-2-6-4-3-5(1)7-6/h7-8H,1-6H2;6-8H,1-5H2;7H,1-6H2;3*6-8H,1-5H2;3*6-7H,1-5H2;2*6-7H,1-5H2;1-2,5-8H,3-4H2;2*5-7H,1-4H2;2*5-6H,1-4H2. The maximum absolute atomic E-state index is 5.60. The summed E-state index contributed by atoms with van der Waals surface area (Å²) in [5, 5.41) is 29.0. The maximum Gasteiger partial charge on any atom is 0.0580 e. The fraction of sp³-hybridized carbons (Fsp3) is 0.981. The van der Waals surface area contributed by atoms with Gasteiger partial charge < -0.3 is 66.4 Å². The molecule has 32 bridgehead atoms. The van der Waals surface area contributed by atoms with Gasteiger partial charge in [0.2, 0.25) is 0 Å². The van der Waals surface area contributed by atoms with Crippen molar-refractivity contribution in [3.05, 3.63) is 12.2 Å². The van der Waals surface area contributed by atoms with Gasteiger partial charge in [-0.05, 0) is 424 Å². The number of thioether (sulfide) groups is 1. The zero-order valence-corrected chi connectivity index (χ0v) is 79.4. The van der Waals surface area contributed by atoms with Crippen LogP contribution in [-0.2, 0) is 18.9 Å². The summed E-state index contributed by atoms with van der Waals surface area (Å²) in [7, 11) is 0. The topological polar surface area (TPSA) is 136 Å². The van der Waals surface area contributed by atoms with E-state index in [1.165, 1.54) is 390 Å². The second-order valence-corrected chi connectivity index (χ2v) is 48.4. The Labute approximate surface area is 753 Å². The molecule has 0 aromatic rings. The van der Waals surface area contributed by atoms with Crippen LogP contribution in [0, 0.1) is 71.0 Å². The van der Waals surface area contributed by atoms with Gasteiger partial charge in [0.1, 0.15) is 0 Å². The highest BCUT2D eigenvalue weighted by atomic mass is 32.2. The van der Waals surface area contributed by atoms with Gasteiger partial charge in [-0.15, -0.1) is 0 Å². The normalized spacial score (nSPS) is 45.9. The fourth-order valence-electron chi connectivity index (χ4n) is 29.6. The third-order valence-corrected chi connectivity index (χ3v) is 39.2. The summed E-state index contributed by atoms with van der Waals surface area (Å²) in [6.07, 6.45) is 104. The van der Waals surface area contributed by atoms with E-state index >= 15 is 0 Å². The van der Waals surface area contributed by atoms with E-state index in [4.69, 9.17) is 18.9 Å². The molecule has 0 radical (unpaired) electrons. The van der Waals surface area contributed by atoms with E-state index in [1.54, 1.807) is 96.3 Å². The van der Waals surface area contributed by atoms with Gasteiger partial charge in [-0.25, -0.2) is 0 Å². The molecule has 698 valence electrons. The monoisotopic (exact) mass is 1710 g/mol. The first-order valence-electron chi connectivity index (χ1n) is 55.7. The Kier molecular flexibility index (Phi) is 38.3. The lowest BCUT2D eigenvalue weighted by Crippen LogP contribution is -2.49. The molecule has 23 aliphatic heterocycles. The van der Waals surface area contributed by atoms with Crippen molar-refractivity contribution in [1.29, 1.82) is 0 Å². The predicted molar refractivity (Wildman–Crippen MR) is 511 cm³/mol. The molecule has 23 heterocycles. The third-order valence-electron chi connectivity index (χ3n) is 37.6. The molecule has 35 fully saturated rings. The Morgan fingerprint density at radius 3 is 0.844 bits per heavy atom. The second-order valence-electron chi connectivity index (χ2n) is 47.1. The van der Waals surface area contributed by atoms with Crippen LogP contribution in [0.3, 0.4) is 0 Å². The number of piperidine rings is 6. The van der Waals surface area contributed by atoms with Gasteiger partial charge in [0.25, 0.3) is 0 Å². The molecular weight excluding hydrogens is 1520 g/mol. The van der Waals surface area contributed by atoms with Gasteiger partial charge >= 0.3 is 0 Å². The summed E-state index contributed by atoms with van der Waals surface area (Å²) in [6, 6.07) is 9.46. The lowest BCUT2D eigenvalue weighted by atomic mass is 9.65. The molecule has 0 amide bonds. The van der Waals surface area contributed by atoms with Crippen molar-refractivity contribution in [3.63, 3.8) is 0 Å². The van der Waals surface area contributed by atoms with Crippen molar-refractivity contribution in [2.45, 2.75) is 532 Å². The van der Waals surface area contributed by atoms with Crippen LogP contribution in [0.25, 0.3) is 0 Å². The van der Waals surface area contributed by atoms with E-state index < -0.39 is 0 Å². The van der Waals surface area contributed by atoms with Crippen molar-refractivity contribution < 1.29 is 18.9 Å². The van der Waals surface area contributed by atoms with Gasteiger partial charge in [0.05, 0.1) is 42.7 Å². The van der Waals surface area contributed by atoms with E-state index in [0.717, 1.165) is 127 Å². The molecule has 36 rings (SSSR count). The minimum absolute atomic E-state index is 0.619. The Morgan fingerprint density at radius 1 is 0.230 bits per heavy atom. The van der Waals surface area contributed by atoms with Crippen LogP contribution in [0.15, 0.2) is 12.2 Å². The molecule has 122 heavy (non-hydrogen) atoms. The van der Waals surface area contributed by atoms with Crippen molar-refractivity contribution in [3.8, 4) is 0 Å². The van der Waals surface area contributed by atoms with Crippen LogP contribution in [0.5, 0.6) is 0 Å². The van der Waals surface area contributed by atoms with Gasteiger partial charge in [-0.2, -0.15) is 11.8 Å². The molecule has 13 aliphatic carbocycles. The summed E-state index contributed by atoms with van der Waals surface area (Å²) in [4.78, 5) is 2.59. The number of nitrogens with zero attached hydrogens (tertiary/aromatic N) is 1.